The zero-order chi connectivity index (χ0) is 29.0. The molecule has 12 nitrogen and oxygen atoms in total. The zero-order valence-corrected chi connectivity index (χ0v) is 24.4. The summed E-state index contributed by atoms with van der Waals surface area (Å²) in [4.78, 5) is 29.6. The molecule has 1 aliphatic heterocycles. The quantitative estimate of drug-likeness (QED) is 0.150. The van der Waals surface area contributed by atoms with E-state index in [-0.39, 0.29) is 18.5 Å². The summed E-state index contributed by atoms with van der Waals surface area (Å²) in [5.41, 5.74) is 10.1. The standard InChI is InChI=1S/C29H45N9O3/c1-3-4-5-10-33-28-27-24(34-29(30)35-28)9-13-38(27)20-23-8-7-22(18-25(23)40-2)19-37-16-14-36(15-17-37)12-6-11-32-26(39)21-41-31/h7-9,13,18H,3-6,10-12,14-17,19-21,31H2,1-2H3,(H,32,39)(H3,30,33,34,35). The van der Waals surface area contributed by atoms with Crippen LogP contribution < -0.4 is 27.0 Å². The van der Waals surface area contributed by atoms with E-state index in [0.29, 0.717) is 13.1 Å². The predicted octanol–water partition coefficient (Wildman–Crippen LogP) is 2.19. The number of ether oxygens (including phenoxy) is 1. The fraction of sp³-hybridized carbons (Fsp3) is 0.552. The number of hydrogen-bond acceptors (Lipinski definition) is 10. The Morgan fingerprint density at radius 3 is 2.59 bits per heavy atom. The Balaban J connectivity index is 1.33. The molecule has 41 heavy (non-hydrogen) atoms. The van der Waals surface area contributed by atoms with E-state index in [1.165, 1.54) is 18.4 Å². The van der Waals surface area contributed by atoms with Crippen molar-refractivity contribution in [3.8, 4) is 5.75 Å². The third-order valence-electron chi connectivity index (χ3n) is 7.45. The first-order chi connectivity index (χ1) is 20.0. The minimum atomic E-state index is -0.181. The van der Waals surface area contributed by atoms with E-state index in [1.54, 1.807) is 7.11 Å². The van der Waals surface area contributed by atoms with Gasteiger partial charge in [0.25, 0.3) is 0 Å². The van der Waals surface area contributed by atoms with Gasteiger partial charge in [-0.15, -0.1) is 0 Å². The van der Waals surface area contributed by atoms with Crippen LogP contribution in [0.2, 0.25) is 0 Å². The highest BCUT2D eigenvalue weighted by atomic mass is 16.6. The molecule has 1 aliphatic rings. The molecule has 0 atom stereocenters. The van der Waals surface area contributed by atoms with Crippen LogP contribution in [0.4, 0.5) is 11.8 Å². The summed E-state index contributed by atoms with van der Waals surface area (Å²) in [5, 5.41) is 6.28. The van der Waals surface area contributed by atoms with Crippen molar-refractivity contribution in [2.75, 3.05) is 70.6 Å². The van der Waals surface area contributed by atoms with Crippen LogP contribution in [0.1, 0.15) is 43.7 Å². The van der Waals surface area contributed by atoms with Gasteiger partial charge >= 0.3 is 0 Å². The van der Waals surface area contributed by atoms with Crippen molar-refractivity contribution < 1.29 is 14.4 Å². The van der Waals surface area contributed by atoms with E-state index in [2.05, 4.69) is 64.9 Å². The Morgan fingerprint density at radius 1 is 1.02 bits per heavy atom. The van der Waals surface area contributed by atoms with Crippen LogP contribution >= 0.6 is 0 Å². The molecule has 0 bridgehead atoms. The summed E-state index contributed by atoms with van der Waals surface area (Å²) in [5.74, 6) is 6.67. The van der Waals surface area contributed by atoms with Crippen molar-refractivity contribution in [3.05, 3.63) is 41.6 Å². The maximum absolute atomic E-state index is 11.4. The number of amides is 1. The Morgan fingerprint density at radius 2 is 1.83 bits per heavy atom. The van der Waals surface area contributed by atoms with Crippen molar-refractivity contribution in [3.63, 3.8) is 0 Å². The van der Waals surface area contributed by atoms with E-state index in [1.807, 2.05) is 12.3 Å². The number of fused-ring (bicyclic) bond motifs is 1. The van der Waals surface area contributed by atoms with E-state index in [4.69, 9.17) is 16.4 Å². The number of methoxy groups -OCH3 is 1. The third-order valence-corrected chi connectivity index (χ3v) is 7.45. The number of benzene rings is 1. The second-order valence-electron chi connectivity index (χ2n) is 10.5. The number of aromatic nitrogens is 3. The molecule has 3 heterocycles. The number of piperazine rings is 1. The van der Waals surface area contributed by atoms with Crippen LogP contribution in [0, 0.1) is 0 Å². The van der Waals surface area contributed by atoms with Gasteiger partial charge in [0, 0.05) is 57.6 Å². The number of unbranched alkanes of at least 4 members (excludes halogenated alkanes) is 2. The lowest BCUT2D eigenvalue weighted by atomic mass is 10.1. The summed E-state index contributed by atoms with van der Waals surface area (Å²) in [6, 6.07) is 8.49. The van der Waals surface area contributed by atoms with Gasteiger partial charge in [-0.1, -0.05) is 31.9 Å². The number of nitrogen functional groups attached to an aromatic ring is 1. The Hall–Kier alpha value is -3.45. The fourth-order valence-corrected chi connectivity index (χ4v) is 5.25. The number of nitrogens with zero attached hydrogens (tertiary/aromatic N) is 5. The molecule has 3 aromatic rings. The highest BCUT2D eigenvalue weighted by molar-refractivity contribution is 5.87. The molecule has 6 N–H and O–H groups in total. The largest absolute Gasteiger partial charge is 0.496 e. The van der Waals surface area contributed by atoms with Gasteiger partial charge in [0.05, 0.1) is 19.2 Å². The number of anilines is 2. The predicted molar refractivity (Wildman–Crippen MR) is 162 cm³/mol. The fourth-order valence-electron chi connectivity index (χ4n) is 5.25. The van der Waals surface area contributed by atoms with Crippen molar-refractivity contribution in [2.24, 2.45) is 5.90 Å². The van der Waals surface area contributed by atoms with Gasteiger partial charge in [-0.05, 0) is 37.1 Å². The van der Waals surface area contributed by atoms with Crippen LogP contribution in [0.15, 0.2) is 30.5 Å². The highest BCUT2D eigenvalue weighted by Crippen LogP contribution is 2.27. The number of hydrogen-bond donors (Lipinski definition) is 4. The molecule has 0 saturated carbocycles. The molecule has 0 radical (unpaired) electrons. The summed E-state index contributed by atoms with van der Waals surface area (Å²) in [7, 11) is 1.73. The van der Waals surface area contributed by atoms with Gasteiger partial charge in [0.1, 0.15) is 17.9 Å². The monoisotopic (exact) mass is 567 g/mol. The van der Waals surface area contributed by atoms with Gasteiger partial charge in [0.15, 0.2) is 5.82 Å². The molecule has 2 aromatic heterocycles. The second-order valence-corrected chi connectivity index (χ2v) is 10.5. The summed E-state index contributed by atoms with van der Waals surface area (Å²) >= 11 is 0. The molecule has 1 fully saturated rings. The van der Waals surface area contributed by atoms with Crippen molar-refractivity contribution >= 4 is 28.7 Å². The second kappa shape index (κ2) is 15.5. The molecule has 224 valence electrons. The van der Waals surface area contributed by atoms with Crippen molar-refractivity contribution in [2.45, 2.75) is 45.7 Å². The molecule has 0 aliphatic carbocycles. The lowest BCUT2D eigenvalue weighted by Crippen LogP contribution is -2.46. The van der Waals surface area contributed by atoms with Crippen LogP contribution in [0.25, 0.3) is 11.0 Å². The molecule has 4 rings (SSSR count). The molecule has 1 aromatic carbocycles. The SMILES string of the molecule is CCCCCNc1nc(N)nc2ccn(Cc3ccc(CN4CCN(CCCNC(=O)CON)CC4)cc3OC)c12. The molecular formula is C29H45N9O3. The molecule has 12 heteroatoms. The summed E-state index contributed by atoms with van der Waals surface area (Å²) in [6.07, 6.45) is 6.36. The van der Waals surface area contributed by atoms with E-state index >= 15 is 0 Å². The number of nitrogens with two attached hydrogens (primary N) is 2. The van der Waals surface area contributed by atoms with Crippen LogP contribution in [-0.4, -0.2) is 89.8 Å². The van der Waals surface area contributed by atoms with E-state index in [0.717, 1.165) is 86.8 Å². The minimum Gasteiger partial charge on any atom is -0.496 e. The molecule has 0 unspecified atom stereocenters. The van der Waals surface area contributed by atoms with Gasteiger partial charge < -0.3 is 30.6 Å². The maximum atomic E-state index is 11.4. The first-order valence-corrected chi connectivity index (χ1v) is 14.6. The lowest BCUT2D eigenvalue weighted by Gasteiger charge is -2.34. The molecular weight excluding hydrogens is 522 g/mol. The van der Waals surface area contributed by atoms with Crippen molar-refractivity contribution in [1.82, 2.24) is 29.7 Å². The summed E-state index contributed by atoms with van der Waals surface area (Å²) < 4.78 is 7.99. The smallest absolute Gasteiger partial charge is 0.248 e. The molecule has 1 amide bonds. The number of nitrogens with one attached hydrogen (secondary N) is 2. The van der Waals surface area contributed by atoms with Gasteiger partial charge in [0.2, 0.25) is 11.9 Å². The highest BCUT2D eigenvalue weighted by Gasteiger charge is 2.18. The van der Waals surface area contributed by atoms with Crippen LogP contribution in [0.5, 0.6) is 5.75 Å². The van der Waals surface area contributed by atoms with Crippen LogP contribution in [0.3, 0.4) is 0 Å². The van der Waals surface area contributed by atoms with E-state index < -0.39 is 0 Å². The number of rotatable bonds is 16. The first-order valence-electron chi connectivity index (χ1n) is 14.6. The average Bonchev–Trinajstić information content (AvgIpc) is 3.37. The number of carbonyl (C=O) groups excluding carboxylic acids is 1. The van der Waals surface area contributed by atoms with Gasteiger partial charge in [-0.3, -0.25) is 14.5 Å². The molecule has 1 saturated heterocycles. The normalized spacial score (nSPS) is 14.4. The number of carbonyl (C=O) groups is 1. The van der Waals surface area contributed by atoms with Gasteiger partial charge in [-0.2, -0.15) is 4.98 Å². The van der Waals surface area contributed by atoms with Gasteiger partial charge in [-0.25, -0.2) is 10.9 Å². The minimum absolute atomic E-state index is 0.101. The molecule has 0 spiro atoms. The average molecular weight is 568 g/mol. The third kappa shape index (κ3) is 8.77. The zero-order valence-electron chi connectivity index (χ0n) is 24.4. The summed E-state index contributed by atoms with van der Waals surface area (Å²) in [6.45, 7) is 10.1. The lowest BCUT2D eigenvalue weighted by molar-refractivity contribution is -0.125. The van der Waals surface area contributed by atoms with Crippen LogP contribution in [-0.2, 0) is 22.7 Å². The first kappa shape index (κ1) is 30.5. The Kier molecular flexibility index (Phi) is 11.6. The topological polar surface area (TPSA) is 149 Å². The van der Waals surface area contributed by atoms with E-state index in [9.17, 15) is 4.79 Å². The van der Waals surface area contributed by atoms with Crippen molar-refractivity contribution in [1.29, 1.82) is 0 Å². The Bertz CT molecular complexity index is 1260. The Labute approximate surface area is 242 Å². The maximum Gasteiger partial charge on any atom is 0.248 e.